The summed E-state index contributed by atoms with van der Waals surface area (Å²) in [5.74, 6) is -5.56. The van der Waals surface area contributed by atoms with E-state index in [0.29, 0.717) is 12.0 Å². The number of cyclic esters (lactones) is 1. The van der Waals surface area contributed by atoms with Crippen molar-refractivity contribution in [1.82, 2.24) is 0 Å². The van der Waals surface area contributed by atoms with Crippen LogP contribution in [0.2, 0.25) is 0 Å². The molecule has 2 saturated carbocycles. The number of carboxylic acids is 1. The number of ketones is 1. The lowest BCUT2D eigenvalue weighted by molar-refractivity contribution is -0.227. The summed E-state index contributed by atoms with van der Waals surface area (Å²) in [6.45, 7) is 1.78. The zero-order valence-electron chi connectivity index (χ0n) is 14.8. The third kappa shape index (κ3) is 2.46. The Labute approximate surface area is 155 Å². The Balaban J connectivity index is 1.79. The number of ether oxygens (including phenoxy) is 1. The Kier molecular flexibility index (Phi) is 3.98. The molecule has 7 unspecified atom stereocenters. The number of aliphatic carboxylic acids is 1. The number of furan rings is 1. The minimum absolute atomic E-state index is 0.0599. The first-order valence-corrected chi connectivity index (χ1v) is 9.07. The number of aliphatic hydroxyl groups excluding tert-OH is 1. The van der Waals surface area contributed by atoms with Crippen LogP contribution in [0.3, 0.4) is 0 Å². The van der Waals surface area contributed by atoms with E-state index in [1.165, 1.54) is 12.5 Å². The third-order valence-electron chi connectivity index (χ3n) is 6.89. The molecule has 8 heteroatoms. The molecular weight excluding hydrogens is 356 g/mol. The fourth-order valence-corrected chi connectivity index (χ4v) is 5.46. The van der Waals surface area contributed by atoms with Crippen LogP contribution in [-0.4, -0.2) is 44.7 Å². The molecule has 1 aliphatic heterocycles. The second-order valence-corrected chi connectivity index (χ2v) is 8.27. The van der Waals surface area contributed by atoms with E-state index in [2.05, 4.69) is 0 Å². The van der Waals surface area contributed by atoms with Crippen molar-refractivity contribution in [1.29, 1.82) is 0 Å². The normalized spacial score (nSPS) is 44.2. The molecule has 0 amide bonds. The fraction of sp³-hybridized carbons (Fsp3) is 0.632. The highest BCUT2D eigenvalue weighted by molar-refractivity contribution is 5.97. The molecule has 3 aliphatic rings. The highest BCUT2D eigenvalue weighted by Gasteiger charge is 2.69. The quantitative estimate of drug-likeness (QED) is 0.651. The van der Waals surface area contributed by atoms with Gasteiger partial charge in [0.05, 0.1) is 30.5 Å². The summed E-state index contributed by atoms with van der Waals surface area (Å²) >= 11 is 0. The van der Waals surface area contributed by atoms with Crippen LogP contribution in [0, 0.1) is 23.2 Å². The number of aliphatic hydroxyl groups is 2. The Hall–Kier alpha value is -2.19. The Morgan fingerprint density at radius 3 is 2.67 bits per heavy atom. The number of carbonyl (C=O) groups excluding carboxylic acids is 2. The van der Waals surface area contributed by atoms with Crippen molar-refractivity contribution < 1.29 is 38.9 Å². The van der Waals surface area contributed by atoms with Gasteiger partial charge >= 0.3 is 11.9 Å². The molecule has 0 bridgehead atoms. The van der Waals surface area contributed by atoms with E-state index in [9.17, 15) is 29.7 Å². The van der Waals surface area contributed by atoms with Crippen molar-refractivity contribution in [2.75, 3.05) is 0 Å². The van der Waals surface area contributed by atoms with Gasteiger partial charge in [-0.1, -0.05) is 6.92 Å². The van der Waals surface area contributed by atoms with Gasteiger partial charge in [0.2, 0.25) is 0 Å². The van der Waals surface area contributed by atoms with Crippen molar-refractivity contribution >= 4 is 17.7 Å². The summed E-state index contributed by atoms with van der Waals surface area (Å²) in [5, 5.41) is 31.2. The van der Waals surface area contributed by atoms with E-state index in [0.717, 1.165) is 0 Å². The van der Waals surface area contributed by atoms with Crippen molar-refractivity contribution in [3.8, 4) is 0 Å². The lowest BCUT2D eigenvalue weighted by Crippen LogP contribution is -2.69. The summed E-state index contributed by atoms with van der Waals surface area (Å²) in [7, 11) is 0. The smallest absolute Gasteiger partial charge is 0.310 e. The first-order valence-electron chi connectivity index (χ1n) is 9.07. The average molecular weight is 378 g/mol. The first kappa shape index (κ1) is 18.2. The van der Waals surface area contributed by atoms with Crippen LogP contribution in [0.5, 0.6) is 0 Å². The summed E-state index contributed by atoms with van der Waals surface area (Å²) in [6, 6.07) is 1.68. The number of carboxylic acid groups (broad SMARTS) is 1. The van der Waals surface area contributed by atoms with Crippen LogP contribution in [0.25, 0.3) is 0 Å². The van der Waals surface area contributed by atoms with E-state index in [1.807, 2.05) is 0 Å². The van der Waals surface area contributed by atoms with Gasteiger partial charge in [-0.15, -0.1) is 0 Å². The van der Waals surface area contributed by atoms with Crippen molar-refractivity contribution in [2.45, 2.75) is 50.4 Å². The minimum Gasteiger partial charge on any atom is -0.481 e. The largest absolute Gasteiger partial charge is 0.481 e. The van der Waals surface area contributed by atoms with Gasteiger partial charge in [0.25, 0.3) is 0 Å². The zero-order valence-corrected chi connectivity index (χ0v) is 14.8. The van der Waals surface area contributed by atoms with Crippen molar-refractivity contribution in [3.63, 3.8) is 0 Å². The molecule has 0 aromatic carbocycles. The maximum Gasteiger partial charge on any atom is 0.310 e. The van der Waals surface area contributed by atoms with E-state index in [1.54, 1.807) is 13.0 Å². The maximum atomic E-state index is 12.8. The molecular formula is C19H22O8. The molecule has 1 aromatic heterocycles. The van der Waals surface area contributed by atoms with Crippen LogP contribution in [0.15, 0.2) is 23.0 Å². The van der Waals surface area contributed by atoms with Crippen molar-refractivity contribution in [3.05, 3.63) is 24.2 Å². The van der Waals surface area contributed by atoms with Gasteiger partial charge in [-0.2, -0.15) is 0 Å². The summed E-state index contributed by atoms with van der Waals surface area (Å²) in [6.07, 6.45) is 1.26. The standard InChI is InChI=1S/C19H22O8/c1-18-7-13(9-2-3-26-8-9)27-17(24)12(18)6-15(21)19(25)11(16(22)23)4-10(20)5-14(18)19/h2-3,8,10-14,20,25H,4-7H2,1H3,(H,22,23). The predicted octanol–water partition coefficient (Wildman–Crippen LogP) is 1.07. The SMILES string of the molecule is CC12CC(c3ccoc3)OC(=O)C1CC(=O)C1(O)C(C(=O)O)CC(O)CC21. The Morgan fingerprint density at radius 1 is 1.30 bits per heavy atom. The lowest BCUT2D eigenvalue weighted by Gasteiger charge is -2.59. The van der Waals surface area contributed by atoms with E-state index < -0.39 is 58.7 Å². The molecule has 3 N–H and O–H groups in total. The molecule has 4 rings (SSSR count). The van der Waals surface area contributed by atoms with Crippen LogP contribution in [0.1, 0.15) is 44.3 Å². The second-order valence-electron chi connectivity index (χ2n) is 8.27. The number of carbonyl (C=O) groups is 3. The summed E-state index contributed by atoms with van der Waals surface area (Å²) in [5.41, 5.74) is -2.33. The van der Waals surface area contributed by atoms with E-state index in [4.69, 9.17) is 9.15 Å². The zero-order chi connectivity index (χ0) is 19.6. The fourth-order valence-electron chi connectivity index (χ4n) is 5.46. The molecule has 7 atom stereocenters. The first-order chi connectivity index (χ1) is 12.7. The highest BCUT2D eigenvalue weighted by atomic mass is 16.5. The van der Waals surface area contributed by atoms with Crippen LogP contribution >= 0.6 is 0 Å². The van der Waals surface area contributed by atoms with E-state index >= 15 is 0 Å². The molecule has 2 aliphatic carbocycles. The maximum absolute atomic E-state index is 12.8. The molecule has 8 nitrogen and oxygen atoms in total. The number of rotatable bonds is 2. The monoisotopic (exact) mass is 378 g/mol. The van der Waals surface area contributed by atoms with Crippen LogP contribution in [0.4, 0.5) is 0 Å². The molecule has 2 heterocycles. The molecule has 1 saturated heterocycles. The van der Waals surface area contributed by atoms with E-state index in [-0.39, 0.29) is 19.3 Å². The molecule has 3 fully saturated rings. The van der Waals surface area contributed by atoms with Gasteiger partial charge in [-0.3, -0.25) is 14.4 Å². The number of Topliss-reactive ketones (excluding diaryl/α,β-unsaturated/α-hetero) is 1. The van der Waals surface area contributed by atoms with Crippen LogP contribution in [-0.2, 0) is 19.1 Å². The second kappa shape index (κ2) is 5.90. The predicted molar refractivity (Wildman–Crippen MR) is 88.2 cm³/mol. The highest BCUT2D eigenvalue weighted by Crippen LogP contribution is 2.61. The number of fused-ring (bicyclic) bond motifs is 3. The molecule has 0 spiro atoms. The van der Waals surface area contributed by atoms with Gasteiger partial charge in [0, 0.05) is 17.9 Å². The van der Waals surface area contributed by atoms with Gasteiger partial charge < -0.3 is 24.5 Å². The van der Waals surface area contributed by atoms with Gasteiger partial charge in [0.1, 0.15) is 11.7 Å². The minimum atomic E-state index is -2.10. The van der Waals surface area contributed by atoms with Crippen molar-refractivity contribution in [2.24, 2.45) is 23.2 Å². The lowest BCUT2D eigenvalue weighted by atomic mass is 9.46. The van der Waals surface area contributed by atoms with Gasteiger partial charge in [-0.25, -0.2) is 0 Å². The summed E-state index contributed by atoms with van der Waals surface area (Å²) < 4.78 is 10.6. The summed E-state index contributed by atoms with van der Waals surface area (Å²) in [4.78, 5) is 37.3. The molecule has 0 radical (unpaired) electrons. The average Bonchev–Trinajstić information content (AvgIpc) is 3.13. The topological polar surface area (TPSA) is 134 Å². The van der Waals surface area contributed by atoms with Gasteiger partial charge in [-0.05, 0) is 30.7 Å². The number of hydrogen-bond acceptors (Lipinski definition) is 7. The third-order valence-corrected chi connectivity index (χ3v) is 6.89. The molecule has 146 valence electrons. The molecule has 1 aromatic rings. The number of esters is 1. The number of hydrogen-bond donors (Lipinski definition) is 3. The molecule has 27 heavy (non-hydrogen) atoms. The Bertz CT molecular complexity index is 786. The Morgan fingerprint density at radius 2 is 2.04 bits per heavy atom. The van der Waals surface area contributed by atoms with Crippen LogP contribution < -0.4 is 0 Å². The van der Waals surface area contributed by atoms with Gasteiger partial charge in [0.15, 0.2) is 5.78 Å².